The minimum absolute atomic E-state index is 0.216. The molecule has 1 N–H and O–H groups in total. The summed E-state index contributed by atoms with van der Waals surface area (Å²) in [5.41, 5.74) is 3.07. The third kappa shape index (κ3) is 3.29. The van der Waals surface area contributed by atoms with Gasteiger partial charge in [0.25, 0.3) is 5.91 Å². The summed E-state index contributed by atoms with van der Waals surface area (Å²) >= 11 is 1.38. The second-order valence-electron chi connectivity index (χ2n) is 5.44. The normalized spacial score (nSPS) is 11.0. The van der Waals surface area contributed by atoms with Gasteiger partial charge in [0.1, 0.15) is 0 Å². The van der Waals surface area contributed by atoms with Gasteiger partial charge in [-0.1, -0.05) is 0 Å². The van der Waals surface area contributed by atoms with Crippen molar-refractivity contribution in [3.05, 3.63) is 47.4 Å². The Balaban J connectivity index is 1.76. The molecule has 0 aliphatic rings. The van der Waals surface area contributed by atoms with Gasteiger partial charge in [0.2, 0.25) is 0 Å². The second-order valence-corrected chi connectivity index (χ2v) is 6.30. The third-order valence-corrected chi connectivity index (χ3v) is 4.08. The fraction of sp³-hybridized carbons (Fsp3) is 0.250. The standard InChI is InChI=1S/C16H17N5OS/c1-10(2)21-11(3)7-13(20-21)15(22)19-16-18-14(9-23-16)12-5-4-6-17-8-12/h4-10H,1-3H3,(H,18,19,22). The Labute approximate surface area is 138 Å². The number of rotatable bonds is 4. The van der Waals surface area contributed by atoms with Crippen molar-refractivity contribution in [1.29, 1.82) is 0 Å². The van der Waals surface area contributed by atoms with Crippen molar-refractivity contribution in [1.82, 2.24) is 19.7 Å². The molecule has 0 aliphatic heterocycles. The Kier molecular flexibility index (Phi) is 4.20. The van der Waals surface area contributed by atoms with Crippen LogP contribution in [-0.2, 0) is 0 Å². The maximum atomic E-state index is 12.3. The van der Waals surface area contributed by atoms with Crippen LogP contribution in [0.25, 0.3) is 11.3 Å². The minimum atomic E-state index is -0.250. The zero-order chi connectivity index (χ0) is 16.4. The van der Waals surface area contributed by atoms with Gasteiger partial charge in [-0.3, -0.25) is 19.8 Å². The molecule has 0 saturated carbocycles. The van der Waals surface area contributed by atoms with Crippen LogP contribution in [0.1, 0.15) is 36.1 Å². The van der Waals surface area contributed by atoms with E-state index in [4.69, 9.17) is 0 Å². The number of thiazole rings is 1. The van der Waals surface area contributed by atoms with Gasteiger partial charge >= 0.3 is 0 Å². The predicted molar refractivity (Wildman–Crippen MR) is 90.6 cm³/mol. The van der Waals surface area contributed by atoms with E-state index in [-0.39, 0.29) is 11.9 Å². The Bertz CT molecular complexity index is 822. The maximum Gasteiger partial charge on any atom is 0.277 e. The molecule has 7 heteroatoms. The monoisotopic (exact) mass is 327 g/mol. The number of hydrogen-bond acceptors (Lipinski definition) is 5. The molecule has 0 atom stereocenters. The molecule has 118 valence electrons. The first kappa shape index (κ1) is 15.4. The molecule has 23 heavy (non-hydrogen) atoms. The number of anilines is 1. The highest BCUT2D eigenvalue weighted by molar-refractivity contribution is 7.14. The van der Waals surface area contributed by atoms with E-state index < -0.39 is 0 Å². The molecule has 3 aromatic rings. The smallest absolute Gasteiger partial charge is 0.277 e. The Morgan fingerprint density at radius 1 is 1.39 bits per heavy atom. The highest BCUT2D eigenvalue weighted by Gasteiger charge is 2.15. The second kappa shape index (κ2) is 6.29. The minimum Gasteiger partial charge on any atom is -0.296 e. The van der Waals surface area contributed by atoms with Gasteiger partial charge in [-0.25, -0.2) is 4.98 Å². The average Bonchev–Trinajstić information content (AvgIpc) is 3.15. The summed E-state index contributed by atoms with van der Waals surface area (Å²) in [4.78, 5) is 20.8. The molecule has 0 aromatic carbocycles. The predicted octanol–water partition coefficient (Wildman–Crippen LogP) is 3.54. The number of carbonyl (C=O) groups excluding carboxylic acids is 1. The largest absolute Gasteiger partial charge is 0.296 e. The Morgan fingerprint density at radius 2 is 2.22 bits per heavy atom. The zero-order valence-corrected chi connectivity index (χ0v) is 14.0. The fourth-order valence-electron chi connectivity index (χ4n) is 2.26. The van der Waals surface area contributed by atoms with Gasteiger partial charge in [-0.2, -0.15) is 5.10 Å². The summed E-state index contributed by atoms with van der Waals surface area (Å²) in [6.07, 6.45) is 3.46. The fourth-order valence-corrected chi connectivity index (χ4v) is 2.98. The highest BCUT2D eigenvalue weighted by atomic mass is 32.1. The molecule has 0 spiro atoms. The molecule has 3 aromatic heterocycles. The van der Waals surface area contributed by atoms with Crippen molar-refractivity contribution in [3.8, 4) is 11.3 Å². The van der Waals surface area contributed by atoms with E-state index in [1.54, 1.807) is 18.5 Å². The SMILES string of the molecule is Cc1cc(C(=O)Nc2nc(-c3cccnc3)cs2)nn1C(C)C. The Morgan fingerprint density at radius 3 is 2.87 bits per heavy atom. The molecule has 0 saturated heterocycles. The summed E-state index contributed by atoms with van der Waals surface area (Å²) in [6, 6.07) is 5.79. The number of pyridine rings is 1. The van der Waals surface area contributed by atoms with E-state index in [0.717, 1.165) is 17.0 Å². The van der Waals surface area contributed by atoms with Crippen molar-refractivity contribution < 1.29 is 4.79 Å². The van der Waals surface area contributed by atoms with E-state index in [2.05, 4.69) is 20.4 Å². The van der Waals surface area contributed by atoms with Crippen molar-refractivity contribution in [2.24, 2.45) is 0 Å². The van der Waals surface area contributed by atoms with Gasteiger partial charge in [0, 0.05) is 35.1 Å². The number of hydrogen-bond donors (Lipinski definition) is 1. The van der Waals surface area contributed by atoms with E-state index in [0.29, 0.717) is 10.8 Å². The lowest BCUT2D eigenvalue weighted by Gasteiger charge is -2.06. The molecule has 0 radical (unpaired) electrons. The van der Waals surface area contributed by atoms with Crippen LogP contribution in [0, 0.1) is 6.92 Å². The number of nitrogens with zero attached hydrogens (tertiary/aromatic N) is 4. The molecular weight excluding hydrogens is 310 g/mol. The zero-order valence-electron chi connectivity index (χ0n) is 13.1. The van der Waals surface area contributed by atoms with E-state index in [1.165, 1.54) is 11.3 Å². The number of aromatic nitrogens is 4. The third-order valence-electron chi connectivity index (χ3n) is 3.33. The first-order chi connectivity index (χ1) is 11.0. The molecule has 3 heterocycles. The highest BCUT2D eigenvalue weighted by Crippen LogP contribution is 2.24. The van der Waals surface area contributed by atoms with E-state index >= 15 is 0 Å². The van der Waals surface area contributed by atoms with Crippen molar-refractivity contribution in [3.63, 3.8) is 0 Å². The maximum absolute atomic E-state index is 12.3. The van der Waals surface area contributed by atoms with Crippen LogP contribution in [0.15, 0.2) is 36.0 Å². The molecule has 1 amide bonds. The van der Waals surface area contributed by atoms with Gasteiger partial charge in [-0.15, -0.1) is 11.3 Å². The number of nitrogens with one attached hydrogen (secondary N) is 1. The lowest BCUT2D eigenvalue weighted by molar-refractivity contribution is 0.102. The van der Waals surface area contributed by atoms with Crippen LogP contribution in [0.3, 0.4) is 0 Å². The molecule has 0 unspecified atom stereocenters. The molecule has 0 fully saturated rings. The Hall–Kier alpha value is -2.54. The summed E-state index contributed by atoms with van der Waals surface area (Å²) in [5.74, 6) is -0.250. The number of amides is 1. The van der Waals surface area contributed by atoms with Crippen molar-refractivity contribution >= 4 is 22.4 Å². The van der Waals surface area contributed by atoms with Gasteiger partial charge in [0.15, 0.2) is 10.8 Å². The quantitative estimate of drug-likeness (QED) is 0.795. The molecular formula is C16H17N5OS. The molecule has 6 nitrogen and oxygen atoms in total. The van der Waals surface area contributed by atoms with Crippen LogP contribution in [0.4, 0.5) is 5.13 Å². The lowest BCUT2D eigenvalue weighted by atomic mass is 10.2. The van der Waals surface area contributed by atoms with Gasteiger partial charge < -0.3 is 0 Å². The van der Waals surface area contributed by atoms with Crippen molar-refractivity contribution in [2.45, 2.75) is 26.8 Å². The van der Waals surface area contributed by atoms with Crippen molar-refractivity contribution in [2.75, 3.05) is 5.32 Å². The summed E-state index contributed by atoms with van der Waals surface area (Å²) in [5, 5.41) is 9.58. The summed E-state index contributed by atoms with van der Waals surface area (Å²) < 4.78 is 1.83. The lowest BCUT2D eigenvalue weighted by Crippen LogP contribution is -2.13. The van der Waals surface area contributed by atoms with Gasteiger partial charge in [-0.05, 0) is 39.0 Å². The topological polar surface area (TPSA) is 72.7 Å². The van der Waals surface area contributed by atoms with E-state index in [1.807, 2.05) is 43.0 Å². The van der Waals surface area contributed by atoms with Crippen LogP contribution >= 0.6 is 11.3 Å². The van der Waals surface area contributed by atoms with Crippen LogP contribution in [0.2, 0.25) is 0 Å². The summed E-state index contributed by atoms with van der Waals surface area (Å²) in [6.45, 7) is 6.00. The first-order valence-corrected chi connectivity index (χ1v) is 8.16. The first-order valence-electron chi connectivity index (χ1n) is 7.28. The van der Waals surface area contributed by atoms with Crippen LogP contribution in [-0.4, -0.2) is 25.7 Å². The van der Waals surface area contributed by atoms with Crippen LogP contribution < -0.4 is 5.32 Å². The average molecular weight is 327 g/mol. The molecule has 0 aliphatic carbocycles. The van der Waals surface area contributed by atoms with Gasteiger partial charge in [0.05, 0.1) is 5.69 Å². The van der Waals surface area contributed by atoms with Crippen LogP contribution in [0.5, 0.6) is 0 Å². The summed E-state index contributed by atoms with van der Waals surface area (Å²) in [7, 11) is 0. The number of aryl methyl sites for hydroxylation is 1. The number of carbonyl (C=O) groups is 1. The van der Waals surface area contributed by atoms with E-state index in [9.17, 15) is 4.79 Å². The molecule has 0 bridgehead atoms. The molecule has 3 rings (SSSR count).